The van der Waals surface area contributed by atoms with Crippen LogP contribution in [0.5, 0.6) is 0 Å². The van der Waals surface area contributed by atoms with Crippen LogP contribution in [0.1, 0.15) is 25.3 Å². The number of benzene rings is 1. The van der Waals surface area contributed by atoms with Crippen LogP contribution in [0, 0.1) is 0 Å². The highest BCUT2D eigenvalue weighted by atomic mass is 15.1. The fourth-order valence-corrected chi connectivity index (χ4v) is 2.24. The molecule has 1 aliphatic heterocycles. The van der Waals surface area contributed by atoms with Gasteiger partial charge in [-0.1, -0.05) is 37.3 Å². The van der Waals surface area contributed by atoms with Crippen LogP contribution in [-0.2, 0) is 5.41 Å². The highest BCUT2D eigenvalue weighted by molar-refractivity contribution is 5.25. The van der Waals surface area contributed by atoms with Gasteiger partial charge in [0.25, 0.3) is 0 Å². The van der Waals surface area contributed by atoms with Crippen LogP contribution in [0.25, 0.3) is 0 Å². The van der Waals surface area contributed by atoms with E-state index in [1.807, 2.05) is 0 Å². The molecule has 0 bridgehead atoms. The molecule has 14 heavy (non-hydrogen) atoms. The van der Waals surface area contributed by atoms with Crippen molar-refractivity contribution in [2.45, 2.75) is 25.2 Å². The number of nitrogens with zero attached hydrogens (tertiary/aromatic N) is 1. The normalized spacial score (nSPS) is 22.1. The molecule has 1 fully saturated rings. The predicted octanol–water partition coefficient (Wildman–Crippen LogP) is 2.67. The summed E-state index contributed by atoms with van der Waals surface area (Å²) in [6.07, 6.45) is 2.57. The number of hydrogen-bond acceptors (Lipinski definition) is 1. The fraction of sp³-hybridized carbons (Fsp3) is 0.538. The van der Waals surface area contributed by atoms with Crippen LogP contribution in [0.3, 0.4) is 0 Å². The molecule has 1 heteroatoms. The average Bonchev–Trinajstić information content (AvgIpc) is 2.24. The molecular formula is C13H19N. The van der Waals surface area contributed by atoms with Crippen molar-refractivity contribution in [3.8, 4) is 0 Å². The molecule has 0 spiro atoms. The summed E-state index contributed by atoms with van der Waals surface area (Å²) < 4.78 is 0. The summed E-state index contributed by atoms with van der Waals surface area (Å²) in [6.45, 7) is 4.85. The molecule has 0 amide bonds. The third kappa shape index (κ3) is 1.83. The van der Waals surface area contributed by atoms with Crippen LogP contribution in [0.4, 0.5) is 0 Å². The molecule has 1 aromatic carbocycles. The van der Waals surface area contributed by atoms with Crippen molar-refractivity contribution >= 4 is 0 Å². The minimum absolute atomic E-state index is 0.410. The van der Waals surface area contributed by atoms with E-state index in [-0.39, 0.29) is 0 Å². The Labute approximate surface area is 86.7 Å². The lowest BCUT2D eigenvalue weighted by Gasteiger charge is -2.38. The highest BCUT2D eigenvalue weighted by Crippen LogP contribution is 2.34. The first-order valence-electron chi connectivity index (χ1n) is 5.45. The molecule has 0 aliphatic carbocycles. The number of hydrogen-bond donors (Lipinski definition) is 0. The molecule has 0 saturated carbocycles. The van der Waals surface area contributed by atoms with E-state index in [2.05, 4.69) is 49.2 Å². The van der Waals surface area contributed by atoms with Gasteiger partial charge in [0.1, 0.15) is 0 Å². The Kier molecular flexibility index (Phi) is 2.60. The maximum atomic E-state index is 2.42. The van der Waals surface area contributed by atoms with E-state index in [4.69, 9.17) is 0 Å². The molecule has 76 valence electrons. The van der Waals surface area contributed by atoms with E-state index in [0.717, 1.165) is 0 Å². The summed E-state index contributed by atoms with van der Waals surface area (Å²) in [6, 6.07) is 10.9. The second kappa shape index (κ2) is 3.74. The van der Waals surface area contributed by atoms with Crippen LogP contribution in [0.15, 0.2) is 30.3 Å². The topological polar surface area (TPSA) is 3.24 Å². The zero-order valence-electron chi connectivity index (χ0n) is 9.16. The van der Waals surface area contributed by atoms with Gasteiger partial charge < -0.3 is 4.90 Å². The lowest BCUT2D eigenvalue weighted by molar-refractivity contribution is 0.200. The van der Waals surface area contributed by atoms with Gasteiger partial charge in [0, 0.05) is 0 Å². The highest BCUT2D eigenvalue weighted by Gasteiger charge is 2.29. The van der Waals surface area contributed by atoms with Gasteiger partial charge in [-0.25, -0.2) is 0 Å². The summed E-state index contributed by atoms with van der Waals surface area (Å²) in [5, 5.41) is 0. The van der Waals surface area contributed by atoms with E-state index in [1.54, 1.807) is 0 Å². The fourth-order valence-electron chi connectivity index (χ4n) is 2.24. The Bertz CT molecular complexity index is 283. The SMILES string of the molecule is CN1CCC(C)(c2ccccc2)CC1. The maximum Gasteiger partial charge on any atom is -0.00134 e. The number of rotatable bonds is 1. The van der Waals surface area contributed by atoms with Gasteiger partial charge in [0.05, 0.1) is 0 Å². The monoisotopic (exact) mass is 189 g/mol. The molecule has 1 aromatic rings. The van der Waals surface area contributed by atoms with Crippen molar-refractivity contribution in [3.05, 3.63) is 35.9 Å². The third-order valence-electron chi connectivity index (χ3n) is 3.56. The molecule has 0 radical (unpaired) electrons. The molecule has 0 N–H and O–H groups in total. The Morgan fingerprint density at radius 3 is 2.21 bits per heavy atom. The van der Waals surface area contributed by atoms with Gasteiger partial charge in [-0.2, -0.15) is 0 Å². The Hall–Kier alpha value is -0.820. The second-order valence-electron chi connectivity index (χ2n) is 4.73. The van der Waals surface area contributed by atoms with E-state index in [1.165, 1.54) is 31.5 Å². The van der Waals surface area contributed by atoms with Crippen molar-refractivity contribution in [2.75, 3.05) is 20.1 Å². The zero-order chi connectivity index (χ0) is 10.0. The first-order chi connectivity index (χ1) is 6.71. The van der Waals surface area contributed by atoms with Gasteiger partial charge >= 0.3 is 0 Å². The average molecular weight is 189 g/mol. The van der Waals surface area contributed by atoms with Crippen molar-refractivity contribution in [2.24, 2.45) is 0 Å². The minimum Gasteiger partial charge on any atom is -0.306 e. The maximum absolute atomic E-state index is 2.42. The summed E-state index contributed by atoms with van der Waals surface area (Å²) in [4.78, 5) is 2.42. The lowest BCUT2D eigenvalue weighted by Crippen LogP contribution is -2.38. The molecule has 1 saturated heterocycles. The quantitative estimate of drug-likeness (QED) is 0.656. The van der Waals surface area contributed by atoms with Crippen LogP contribution < -0.4 is 0 Å². The lowest BCUT2D eigenvalue weighted by atomic mass is 9.75. The number of likely N-dealkylation sites (tertiary alicyclic amines) is 1. The van der Waals surface area contributed by atoms with E-state index < -0.39 is 0 Å². The van der Waals surface area contributed by atoms with Crippen molar-refractivity contribution in [1.29, 1.82) is 0 Å². The molecule has 0 aromatic heterocycles. The Balaban J connectivity index is 2.17. The van der Waals surface area contributed by atoms with Gasteiger partial charge in [-0.05, 0) is 44.0 Å². The smallest absolute Gasteiger partial charge is 0.00134 e. The van der Waals surface area contributed by atoms with Gasteiger partial charge in [-0.15, -0.1) is 0 Å². The molecule has 2 rings (SSSR count). The molecular weight excluding hydrogens is 170 g/mol. The summed E-state index contributed by atoms with van der Waals surface area (Å²) in [5.74, 6) is 0. The van der Waals surface area contributed by atoms with Crippen LogP contribution in [-0.4, -0.2) is 25.0 Å². The standard InChI is InChI=1S/C13H19N/c1-13(8-10-14(2)11-9-13)12-6-4-3-5-7-12/h3-7H,8-11H2,1-2H3. The van der Waals surface area contributed by atoms with Crippen LogP contribution >= 0.6 is 0 Å². The Morgan fingerprint density at radius 1 is 1.07 bits per heavy atom. The largest absolute Gasteiger partial charge is 0.306 e. The second-order valence-corrected chi connectivity index (χ2v) is 4.73. The van der Waals surface area contributed by atoms with Gasteiger partial charge in [-0.3, -0.25) is 0 Å². The van der Waals surface area contributed by atoms with E-state index in [9.17, 15) is 0 Å². The van der Waals surface area contributed by atoms with Gasteiger partial charge in [0.2, 0.25) is 0 Å². The summed E-state index contributed by atoms with van der Waals surface area (Å²) >= 11 is 0. The number of piperidine rings is 1. The Morgan fingerprint density at radius 2 is 1.64 bits per heavy atom. The summed E-state index contributed by atoms with van der Waals surface area (Å²) in [7, 11) is 2.21. The van der Waals surface area contributed by atoms with E-state index in [0.29, 0.717) is 5.41 Å². The summed E-state index contributed by atoms with van der Waals surface area (Å²) in [5.41, 5.74) is 1.92. The molecule has 1 nitrogen and oxygen atoms in total. The third-order valence-corrected chi connectivity index (χ3v) is 3.56. The first kappa shape index (κ1) is 9.72. The minimum atomic E-state index is 0.410. The van der Waals surface area contributed by atoms with E-state index >= 15 is 0 Å². The van der Waals surface area contributed by atoms with Gasteiger partial charge in [0.15, 0.2) is 0 Å². The van der Waals surface area contributed by atoms with Crippen molar-refractivity contribution in [3.63, 3.8) is 0 Å². The zero-order valence-corrected chi connectivity index (χ0v) is 9.16. The molecule has 0 unspecified atom stereocenters. The van der Waals surface area contributed by atoms with Crippen LogP contribution in [0.2, 0.25) is 0 Å². The molecule has 0 atom stereocenters. The first-order valence-corrected chi connectivity index (χ1v) is 5.45. The van der Waals surface area contributed by atoms with Crippen molar-refractivity contribution in [1.82, 2.24) is 4.90 Å². The molecule has 1 aliphatic rings. The molecule has 1 heterocycles. The van der Waals surface area contributed by atoms with Crippen molar-refractivity contribution < 1.29 is 0 Å². The predicted molar refractivity (Wildman–Crippen MR) is 60.5 cm³/mol.